The molecule has 8 nitrogen and oxygen atoms in total. The quantitative estimate of drug-likeness (QED) is 0.282. The minimum Gasteiger partial charge on any atom is -0.491 e. The number of aryl methyl sites for hydroxylation is 1. The summed E-state index contributed by atoms with van der Waals surface area (Å²) in [6.07, 6.45) is 0.816. The highest BCUT2D eigenvalue weighted by molar-refractivity contribution is 6.34. The number of methoxy groups -OCH3 is 1. The summed E-state index contributed by atoms with van der Waals surface area (Å²) in [7, 11) is 3.18. The highest BCUT2D eigenvalue weighted by atomic mass is 35.5. The second kappa shape index (κ2) is 12.0. The molecule has 0 bridgehead atoms. The first-order valence-corrected chi connectivity index (χ1v) is 13.5. The van der Waals surface area contributed by atoms with Gasteiger partial charge >= 0.3 is 5.97 Å². The standard InChI is InChI=1S/C31H29ClFN3O5/c1-35-17-25(24-5-3-4-6-28(24)35)30(38)34-27-12-7-19(13-26(27)32)14-29(37)36-16-21(33)15-22(36)18-41-23-10-8-20(9-11-23)31(39)40-2/h3-13,17,21-22H,14-16,18H2,1-2H3,(H,34,38)/t21-,22-/m0/s1. The van der Waals surface area contributed by atoms with E-state index in [4.69, 9.17) is 16.3 Å². The first kappa shape index (κ1) is 28.2. The van der Waals surface area contributed by atoms with Crippen molar-refractivity contribution >= 4 is 46.0 Å². The third kappa shape index (κ3) is 6.20. The largest absolute Gasteiger partial charge is 0.491 e. The summed E-state index contributed by atoms with van der Waals surface area (Å²) >= 11 is 6.48. The number of esters is 1. The number of hydrogen-bond acceptors (Lipinski definition) is 5. The van der Waals surface area contributed by atoms with Gasteiger partial charge in [-0.2, -0.15) is 0 Å². The number of rotatable bonds is 8. The van der Waals surface area contributed by atoms with E-state index >= 15 is 0 Å². The van der Waals surface area contributed by atoms with Gasteiger partial charge in [0, 0.05) is 30.6 Å². The van der Waals surface area contributed by atoms with E-state index in [0.29, 0.717) is 33.1 Å². The minimum absolute atomic E-state index is 0.0129. The van der Waals surface area contributed by atoms with Gasteiger partial charge in [0.15, 0.2) is 0 Å². The summed E-state index contributed by atoms with van der Waals surface area (Å²) in [6.45, 7) is 0.102. The Kier molecular flexibility index (Phi) is 8.26. The van der Waals surface area contributed by atoms with E-state index in [9.17, 15) is 18.8 Å². The molecule has 1 fully saturated rings. The number of ether oxygens (including phenoxy) is 2. The van der Waals surface area contributed by atoms with E-state index in [-0.39, 0.29) is 37.8 Å². The fraction of sp³-hybridized carbons (Fsp3) is 0.258. The number of benzene rings is 3. The number of para-hydroxylation sites is 1. The van der Waals surface area contributed by atoms with Crippen molar-refractivity contribution in [3.05, 3.63) is 94.6 Å². The molecule has 10 heteroatoms. The number of anilines is 1. The fourth-order valence-electron chi connectivity index (χ4n) is 5.08. The summed E-state index contributed by atoms with van der Waals surface area (Å²) in [5.41, 5.74) is 2.93. The molecule has 1 saturated heterocycles. The van der Waals surface area contributed by atoms with Crippen molar-refractivity contribution in [2.24, 2.45) is 7.05 Å². The van der Waals surface area contributed by atoms with Crippen molar-refractivity contribution in [2.75, 3.05) is 25.6 Å². The lowest BCUT2D eigenvalue weighted by Gasteiger charge is -2.24. The van der Waals surface area contributed by atoms with Crippen LogP contribution in [-0.2, 0) is 23.0 Å². The molecule has 41 heavy (non-hydrogen) atoms. The van der Waals surface area contributed by atoms with Crippen molar-refractivity contribution in [2.45, 2.75) is 25.1 Å². The monoisotopic (exact) mass is 577 g/mol. The van der Waals surface area contributed by atoms with Crippen LogP contribution in [0.15, 0.2) is 72.9 Å². The molecule has 0 radical (unpaired) electrons. The molecule has 5 rings (SSSR count). The Bertz CT molecular complexity index is 1600. The maximum Gasteiger partial charge on any atom is 0.337 e. The van der Waals surface area contributed by atoms with E-state index in [2.05, 4.69) is 10.1 Å². The van der Waals surface area contributed by atoms with Gasteiger partial charge in [0.05, 0.1) is 48.0 Å². The summed E-state index contributed by atoms with van der Waals surface area (Å²) in [5, 5.41) is 3.98. The van der Waals surface area contributed by atoms with E-state index in [1.165, 1.54) is 12.0 Å². The number of alkyl halides is 1. The Morgan fingerprint density at radius 2 is 1.83 bits per heavy atom. The predicted molar refractivity (Wildman–Crippen MR) is 154 cm³/mol. The average Bonchev–Trinajstić information content (AvgIpc) is 3.52. The molecule has 4 aromatic rings. The number of likely N-dealkylation sites (tertiary alicyclic amines) is 1. The summed E-state index contributed by atoms with van der Waals surface area (Å²) < 4.78 is 26.7. The molecule has 1 aliphatic heterocycles. The van der Waals surface area contributed by atoms with Crippen LogP contribution in [0.1, 0.15) is 32.7 Å². The third-order valence-electron chi connectivity index (χ3n) is 7.18. The summed E-state index contributed by atoms with van der Waals surface area (Å²) in [4.78, 5) is 39.3. The Morgan fingerprint density at radius 1 is 1.07 bits per heavy atom. The van der Waals surface area contributed by atoms with Gasteiger partial charge < -0.3 is 24.3 Å². The fourth-order valence-corrected chi connectivity index (χ4v) is 5.33. The number of nitrogens with zero attached hydrogens (tertiary/aromatic N) is 2. The Hall–Kier alpha value is -4.37. The number of fused-ring (bicyclic) bond motifs is 1. The minimum atomic E-state index is -1.15. The lowest BCUT2D eigenvalue weighted by atomic mass is 10.1. The molecule has 3 aromatic carbocycles. The number of amides is 2. The molecular formula is C31H29ClFN3O5. The second-order valence-corrected chi connectivity index (χ2v) is 10.4. The zero-order valence-corrected chi connectivity index (χ0v) is 23.4. The first-order chi connectivity index (χ1) is 19.7. The Labute approximate surface area is 241 Å². The first-order valence-electron chi connectivity index (χ1n) is 13.1. The topological polar surface area (TPSA) is 89.9 Å². The Balaban J connectivity index is 1.21. The zero-order valence-electron chi connectivity index (χ0n) is 22.6. The number of nitrogens with one attached hydrogen (secondary N) is 1. The summed E-state index contributed by atoms with van der Waals surface area (Å²) in [6, 6.07) is 18.6. The smallest absolute Gasteiger partial charge is 0.337 e. The predicted octanol–water partition coefficient (Wildman–Crippen LogP) is 5.43. The van der Waals surface area contributed by atoms with Crippen LogP contribution < -0.4 is 10.1 Å². The van der Waals surface area contributed by atoms with Crippen LogP contribution in [0.2, 0.25) is 5.02 Å². The van der Waals surface area contributed by atoms with Crippen LogP contribution in [0.5, 0.6) is 5.75 Å². The second-order valence-electron chi connectivity index (χ2n) is 9.98. The van der Waals surface area contributed by atoms with Crippen LogP contribution in [0.3, 0.4) is 0 Å². The van der Waals surface area contributed by atoms with Gasteiger partial charge in [-0.3, -0.25) is 9.59 Å². The highest BCUT2D eigenvalue weighted by Gasteiger charge is 2.35. The maximum absolute atomic E-state index is 14.3. The number of carbonyl (C=O) groups is 3. The molecule has 0 spiro atoms. The van der Waals surface area contributed by atoms with Crippen molar-refractivity contribution in [1.29, 1.82) is 0 Å². The number of aromatic nitrogens is 1. The maximum atomic E-state index is 14.3. The van der Waals surface area contributed by atoms with Gasteiger partial charge in [0.2, 0.25) is 5.91 Å². The van der Waals surface area contributed by atoms with Gasteiger partial charge in [-0.15, -0.1) is 0 Å². The molecular weight excluding hydrogens is 549 g/mol. The van der Waals surface area contributed by atoms with Crippen molar-refractivity contribution in [3.8, 4) is 5.75 Å². The number of carbonyl (C=O) groups excluding carboxylic acids is 3. The van der Waals surface area contributed by atoms with Crippen LogP contribution in [0.4, 0.5) is 10.1 Å². The third-order valence-corrected chi connectivity index (χ3v) is 7.49. The van der Waals surface area contributed by atoms with Crippen molar-refractivity contribution in [1.82, 2.24) is 9.47 Å². The van der Waals surface area contributed by atoms with Crippen molar-refractivity contribution < 1.29 is 28.2 Å². The average molecular weight is 578 g/mol. The zero-order chi connectivity index (χ0) is 29.1. The molecule has 0 saturated carbocycles. The van der Waals surface area contributed by atoms with Gasteiger partial charge in [0.1, 0.15) is 18.5 Å². The van der Waals surface area contributed by atoms with Gasteiger partial charge in [-0.25, -0.2) is 9.18 Å². The van der Waals surface area contributed by atoms with Crippen molar-refractivity contribution in [3.63, 3.8) is 0 Å². The number of halogens is 2. The van der Waals surface area contributed by atoms with Crippen LogP contribution in [0.25, 0.3) is 10.9 Å². The lowest BCUT2D eigenvalue weighted by Crippen LogP contribution is -2.40. The molecule has 2 atom stereocenters. The van der Waals surface area contributed by atoms with E-state index in [1.807, 2.05) is 35.9 Å². The van der Waals surface area contributed by atoms with E-state index < -0.39 is 18.2 Å². The molecule has 1 aromatic heterocycles. The van der Waals surface area contributed by atoms with Gasteiger partial charge in [-0.05, 0) is 48.0 Å². The SMILES string of the molecule is COC(=O)c1ccc(OC[C@@H]2C[C@H](F)CN2C(=O)Cc2ccc(NC(=O)c3cn(C)c4ccccc34)c(Cl)c2)cc1. The number of hydrogen-bond donors (Lipinski definition) is 1. The van der Waals surface area contributed by atoms with Gasteiger partial charge in [0.25, 0.3) is 5.91 Å². The van der Waals surface area contributed by atoms with E-state index in [0.717, 1.165) is 10.9 Å². The molecule has 2 heterocycles. The van der Waals surface area contributed by atoms with Gasteiger partial charge in [-0.1, -0.05) is 35.9 Å². The molecule has 0 unspecified atom stereocenters. The van der Waals surface area contributed by atoms with Crippen LogP contribution in [0, 0.1) is 0 Å². The molecule has 1 N–H and O–H groups in total. The Morgan fingerprint density at radius 3 is 2.56 bits per heavy atom. The normalized spacial score (nSPS) is 16.5. The van der Waals surface area contributed by atoms with Crippen LogP contribution in [-0.4, -0.2) is 59.7 Å². The lowest BCUT2D eigenvalue weighted by molar-refractivity contribution is -0.132. The molecule has 212 valence electrons. The molecule has 0 aliphatic carbocycles. The molecule has 2 amide bonds. The summed E-state index contributed by atoms with van der Waals surface area (Å²) in [5.74, 6) is -0.491. The van der Waals surface area contributed by atoms with E-state index in [1.54, 1.807) is 48.7 Å². The molecule has 1 aliphatic rings. The highest BCUT2D eigenvalue weighted by Crippen LogP contribution is 2.28. The van der Waals surface area contributed by atoms with Crippen LogP contribution >= 0.6 is 11.6 Å².